The molecule has 0 aliphatic rings. The minimum absolute atomic E-state index is 0.126. The highest BCUT2D eigenvalue weighted by molar-refractivity contribution is 5.96. The van der Waals surface area contributed by atoms with E-state index >= 15 is 4.39 Å². The molecular formula is C24H22F3N3O7. The van der Waals surface area contributed by atoms with Crippen LogP contribution in [-0.2, 0) is 9.47 Å². The molecule has 3 rings (SSSR count). The number of nitro benzene ring substituents is 1. The molecule has 1 N–H and O–H groups in total. The first-order valence-corrected chi connectivity index (χ1v) is 10.9. The number of hydrogen-bond acceptors (Lipinski definition) is 7. The molecule has 0 atom stereocenters. The van der Waals surface area contributed by atoms with E-state index in [0.717, 1.165) is 23.8 Å². The molecule has 0 bridgehead atoms. The number of pyridine rings is 1. The number of esters is 1. The molecule has 10 nitrogen and oxygen atoms in total. The molecule has 1 amide bonds. The van der Waals surface area contributed by atoms with Gasteiger partial charge in [0.1, 0.15) is 22.8 Å². The zero-order chi connectivity index (χ0) is 27.8. The second kappa shape index (κ2) is 9.91. The summed E-state index contributed by atoms with van der Waals surface area (Å²) in [5.41, 5.74) is -5.32. The van der Waals surface area contributed by atoms with E-state index in [-0.39, 0.29) is 17.7 Å². The molecule has 0 spiro atoms. The number of rotatable bonds is 5. The Morgan fingerprint density at radius 3 is 2.32 bits per heavy atom. The Balaban J connectivity index is 2.40. The van der Waals surface area contributed by atoms with Crippen molar-refractivity contribution in [2.24, 2.45) is 0 Å². The van der Waals surface area contributed by atoms with E-state index in [1.54, 1.807) is 20.8 Å². The number of nitrogens with zero attached hydrogens (tertiary/aromatic N) is 2. The van der Waals surface area contributed by atoms with Crippen LogP contribution in [0.4, 0.5) is 29.3 Å². The summed E-state index contributed by atoms with van der Waals surface area (Å²) in [6, 6.07) is 1.81. The van der Waals surface area contributed by atoms with Gasteiger partial charge in [-0.2, -0.15) is 4.39 Å². The second-order valence-electron chi connectivity index (χ2n) is 8.86. The number of aryl methyl sites for hydroxylation is 1. The zero-order valence-corrected chi connectivity index (χ0v) is 20.4. The number of nitro groups is 1. The predicted octanol–water partition coefficient (Wildman–Crippen LogP) is 5.15. The molecule has 1 aromatic heterocycles. The van der Waals surface area contributed by atoms with Gasteiger partial charge in [-0.25, -0.2) is 18.4 Å². The van der Waals surface area contributed by atoms with Gasteiger partial charge in [0.2, 0.25) is 11.2 Å². The Bertz CT molecular complexity index is 1510. The smallest absolute Gasteiger partial charge is 0.412 e. The number of benzene rings is 2. The molecule has 0 saturated carbocycles. The maximum Gasteiger partial charge on any atom is 0.412 e. The lowest BCUT2D eigenvalue weighted by atomic mass is 10.0. The van der Waals surface area contributed by atoms with Crippen LogP contribution in [-0.4, -0.2) is 33.8 Å². The Morgan fingerprint density at radius 2 is 1.76 bits per heavy atom. The fraction of sp³-hybridized carbons (Fsp3) is 0.292. The van der Waals surface area contributed by atoms with Gasteiger partial charge >= 0.3 is 17.7 Å². The molecule has 0 radical (unpaired) electrons. The third-order valence-corrected chi connectivity index (χ3v) is 5.06. The van der Waals surface area contributed by atoms with E-state index in [0.29, 0.717) is 12.1 Å². The Kier molecular flexibility index (Phi) is 7.28. The number of halogens is 3. The maximum atomic E-state index is 15.1. The van der Waals surface area contributed by atoms with Crippen molar-refractivity contribution in [2.45, 2.75) is 40.2 Å². The first-order chi connectivity index (χ1) is 17.2. The van der Waals surface area contributed by atoms with Crippen molar-refractivity contribution in [2.75, 3.05) is 11.9 Å². The number of anilines is 1. The summed E-state index contributed by atoms with van der Waals surface area (Å²) in [4.78, 5) is 48.1. The molecule has 1 heterocycles. The molecular weight excluding hydrogens is 499 g/mol. The van der Waals surface area contributed by atoms with Gasteiger partial charge in [0, 0.05) is 12.3 Å². The number of hydrogen-bond donors (Lipinski definition) is 1. The van der Waals surface area contributed by atoms with Crippen LogP contribution in [0.25, 0.3) is 16.6 Å². The zero-order valence-electron chi connectivity index (χ0n) is 20.4. The van der Waals surface area contributed by atoms with Gasteiger partial charge in [-0.15, -0.1) is 0 Å². The molecule has 0 unspecified atom stereocenters. The molecule has 3 aromatic rings. The van der Waals surface area contributed by atoms with Crippen LogP contribution in [0.15, 0.2) is 29.2 Å². The number of nitrogens with one attached hydrogen (secondary N) is 1. The number of fused-ring (bicyclic) bond motifs is 1. The number of carbonyl (C=O) groups excluding carboxylic acids is 2. The van der Waals surface area contributed by atoms with Gasteiger partial charge in [-0.1, -0.05) is 0 Å². The first kappa shape index (κ1) is 27.2. The second-order valence-corrected chi connectivity index (χ2v) is 8.86. The van der Waals surface area contributed by atoms with Crippen molar-refractivity contribution in [3.05, 3.63) is 73.3 Å². The van der Waals surface area contributed by atoms with E-state index in [1.807, 2.05) is 0 Å². The molecule has 37 heavy (non-hydrogen) atoms. The molecule has 196 valence electrons. The highest BCUT2D eigenvalue weighted by atomic mass is 19.1. The summed E-state index contributed by atoms with van der Waals surface area (Å²) < 4.78 is 55.0. The lowest BCUT2D eigenvalue weighted by Gasteiger charge is -2.20. The first-order valence-electron chi connectivity index (χ1n) is 10.9. The Morgan fingerprint density at radius 1 is 1.11 bits per heavy atom. The van der Waals surface area contributed by atoms with Crippen LogP contribution >= 0.6 is 0 Å². The molecule has 0 aliphatic carbocycles. The van der Waals surface area contributed by atoms with Crippen LogP contribution in [0, 0.1) is 34.5 Å². The summed E-state index contributed by atoms with van der Waals surface area (Å²) in [7, 11) is 0. The number of ether oxygens (including phenoxy) is 2. The molecule has 2 aromatic carbocycles. The SMILES string of the molecule is CCOC(=O)c1cn(-c2cc(NC(=O)OC(C)(C)C)c(F)cc2F)c2c(C)c([N+](=O)[O-])c(F)cc2c1=O. The van der Waals surface area contributed by atoms with Crippen molar-refractivity contribution in [3.63, 3.8) is 0 Å². The van der Waals surface area contributed by atoms with Crippen LogP contribution < -0.4 is 10.7 Å². The van der Waals surface area contributed by atoms with Crippen molar-refractivity contribution in [1.29, 1.82) is 0 Å². The normalized spacial score (nSPS) is 11.4. The fourth-order valence-electron chi connectivity index (χ4n) is 3.64. The minimum atomic E-state index is -1.36. The van der Waals surface area contributed by atoms with Crippen LogP contribution in [0.1, 0.15) is 43.6 Å². The quantitative estimate of drug-likeness (QED) is 0.279. The van der Waals surface area contributed by atoms with Gasteiger partial charge in [-0.3, -0.25) is 20.2 Å². The van der Waals surface area contributed by atoms with E-state index < -0.39 is 73.5 Å². The summed E-state index contributed by atoms with van der Waals surface area (Å²) in [6.07, 6.45) is -0.208. The molecule has 0 saturated heterocycles. The fourth-order valence-corrected chi connectivity index (χ4v) is 3.64. The van der Waals surface area contributed by atoms with Gasteiger partial charge < -0.3 is 14.0 Å². The summed E-state index contributed by atoms with van der Waals surface area (Å²) >= 11 is 0. The van der Waals surface area contributed by atoms with Crippen LogP contribution in [0.3, 0.4) is 0 Å². The molecule has 0 fully saturated rings. The predicted molar refractivity (Wildman–Crippen MR) is 127 cm³/mol. The number of aromatic nitrogens is 1. The van der Waals surface area contributed by atoms with Gasteiger partial charge in [-0.05, 0) is 46.8 Å². The van der Waals surface area contributed by atoms with Crippen LogP contribution in [0.2, 0.25) is 0 Å². The summed E-state index contributed by atoms with van der Waals surface area (Å²) in [5, 5.41) is 13.1. The van der Waals surface area contributed by atoms with Crippen molar-refractivity contribution in [1.82, 2.24) is 4.57 Å². The standard InChI is InChI=1S/C24H22F3N3O7/c1-6-36-22(32)13-10-29(19-11(2)20(30(34)35)16(27)7-12(19)21(13)31)18-9-17(14(25)8-15(18)26)28-23(33)37-24(3,4)5/h7-10H,6H2,1-5H3,(H,28,33). The van der Waals surface area contributed by atoms with Crippen molar-refractivity contribution >= 4 is 34.3 Å². The van der Waals surface area contributed by atoms with Crippen molar-refractivity contribution < 1.29 is 37.2 Å². The van der Waals surface area contributed by atoms with Gasteiger partial charge in [0.25, 0.3) is 0 Å². The lowest BCUT2D eigenvalue weighted by Crippen LogP contribution is -2.27. The highest BCUT2D eigenvalue weighted by Crippen LogP contribution is 2.33. The van der Waals surface area contributed by atoms with Gasteiger partial charge in [0.05, 0.1) is 39.4 Å². The Labute approximate surface area is 207 Å². The number of carbonyl (C=O) groups is 2. The third kappa shape index (κ3) is 5.39. The van der Waals surface area contributed by atoms with E-state index in [2.05, 4.69) is 5.32 Å². The van der Waals surface area contributed by atoms with Crippen molar-refractivity contribution in [3.8, 4) is 5.69 Å². The monoisotopic (exact) mass is 521 g/mol. The third-order valence-electron chi connectivity index (χ3n) is 5.06. The summed E-state index contributed by atoms with van der Waals surface area (Å²) in [5.74, 6) is -4.88. The maximum absolute atomic E-state index is 15.1. The Hall–Kier alpha value is -4.42. The van der Waals surface area contributed by atoms with Gasteiger partial charge in [0.15, 0.2) is 0 Å². The average molecular weight is 521 g/mol. The van der Waals surface area contributed by atoms with E-state index in [4.69, 9.17) is 9.47 Å². The van der Waals surface area contributed by atoms with E-state index in [9.17, 15) is 33.3 Å². The van der Waals surface area contributed by atoms with E-state index in [1.165, 1.54) is 6.92 Å². The lowest BCUT2D eigenvalue weighted by molar-refractivity contribution is -0.388. The highest BCUT2D eigenvalue weighted by Gasteiger charge is 2.28. The van der Waals surface area contributed by atoms with Crippen LogP contribution in [0.5, 0.6) is 0 Å². The summed E-state index contributed by atoms with van der Waals surface area (Å²) in [6.45, 7) is 7.17. The number of amides is 1. The average Bonchev–Trinajstić information content (AvgIpc) is 2.75. The minimum Gasteiger partial charge on any atom is -0.462 e. The molecule has 13 heteroatoms. The topological polar surface area (TPSA) is 130 Å². The molecule has 0 aliphatic heterocycles. The largest absolute Gasteiger partial charge is 0.462 e.